The van der Waals surface area contributed by atoms with Crippen LogP contribution >= 0.6 is 0 Å². The number of ketones is 1. The van der Waals surface area contributed by atoms with Gasteiger partial charge in [-0.15, -0.1) is 0 Å². The van der Waals surface area contributed by atoms with Crippen LogP contribution in [0.2, 0.25) is 0 Å². The van der Waals surface area contributed by atoms with Crippen molar-refractivity contribution >= 4 is 11.5 Å². The minimum atomic E-state index is -0.512. The van der Waals surface area contributed by atoms with Crippen molar-refractivity contribution in [3.05, 3.63) is 33.4 Å². The van der Waals surface area contributed by atoms with Crippen LogP contribution in [0.4, 0.5) is 5.69 Å². The van der Waals surface area contributed by atoms with Gasteiger partial charge in [-0.3, -0.25) is 14.9 Å². The molecule has 0 atom stereocenters. The monoisotopic (exact) mass is 223 g/mol. The molecule has 0 radical (unpaired) electrons. The van der Waals surface area contributed by atoms with E-state index in [0.717, 1.165) is 5.56 Å². The van der Waals surface area contributed by atoms with E-state index in [9.17, 15) is 14.9 Å². The molecule has 16 heavy (non-hydrogen) atoms. The van der Waals surface area contributed by atoms with Gasteiger partial charge in [0.25, 0.3) is 0 Å². The highest BCUT2D eigenvalue weighted by Gasteiger charge is 2.19. The molecule has 5 nitrogen and oxygen atoms in total. The smallest absolute Gasteiger partial charge is 0.311 e. The van der Waals surface area contributed by atoms with Crippen LogP contribution in [0.1, 0.15) is 18.1 Å². The van der Waals surface area contributed by atoms with Gasteiger partial charge in [-0.2, -0.15) is 0 Å². The first kappa shape index (κ1) is 12.2. The summed E-state index contributed by atoms with van der Waals surface area (Å²) >= 11 is 0. The molecule has 0 saturated carbocycles. The molecule has 0 heterocycles. The molecule has 0 aliphatic heterocycles. The van der Waals surface area contributed by atoms with Crippen LogP contribution in [-0.2, 0) is 4.79 Å². The average molecular weight is 223 g/mol. The Balaban J connectivity index is 3.15. The second-order valence-electron chi connectivity index (χ2n) is 3.60. The number of nitro benzene ring substituents is 1. The van der Waals surface area contributed by atoms with Crippen molar-refractivity contribution in [3.63, 3.8) is 0 Å². The predicted molar refractivity (Wildman–Crippen MR) is 58.7 cm³/mol. The zero-order valence-corrected chi connectivity index (χ0v) is 9.44. The summed E-state index contributed by atoms with van der Waals surface area (Å²) in [5.74, 6) is 0.00963. The lowest BCUT2D eigenvalue weighted by Gasteiger charge is -2.09. The predicted octanol–water partition coefficient (Wildman–Crippen LogP) is 2.18. The van der Waals surface area contributed by atoms with Crippen molar-refractivity contribution in [2.75, 3.05) is 6.61 Å². The second-order valence-corrected chi connectivity index (χ2v) is 3.60. The number of nitrogens with zero attached hydrogens (tertiary/aromatic N) is 1. The minimum absolute atomic E-state index is 0.107. The van der Waals surface area contributed by atoms with E-state index in [2.05, 4.69) is 0 Å². The van der Waals surface area contributed by atoms with Gasteiger partial charge in [0.2, 0.25) is 5.75 Å². The maximum absolute atomic E-state index is 10.8. The standard InChI is InChI=1S/C11H13NO4/c1-7-4-5-10(12(14)15)11(9(7)3)16-6-8(2)13/h4-5H,6H2,1-3H3. The molecule has 1 aromatic carbocycles. The molecular weight excluding hydrogens is 210 g/mol. The number of benzene rings is 1. The molecule has 0 aromatic heterocycles. The normalized spacial score (nSPS) is 9.94. The number of carbonyl (C=O) groups excluding carboxylic acids is 1. The van der Waals surface area contributed by atoms with Gasteiger partial charge in [-0.05, 0) is 26.3 Å². The molecule has 0 aliphatic carbocycles. The molecule has 0 N–H and O–H groups in total. The molecule has 0 aliphatic rings. The van der Waals surface area contributed by atoms with E-state index in [1.165, 1.54) is 13.0 Å². The molecule has 86 valence electrons. The maximum atomic E-state index is 10.8. The third-order valence-electron chi connectivity index (χ3n) is 2.27. The number of hydrogen-bond donors (Lipinski definition) is 0. The summed E-state index contributed by atoms with van der Waals surface area (Å²) in [4.78, 5) is 21.1. The Morgan fingerprint density at radius 1 is 1.44 bits per heavy atom. The molecule has 0 saturated heterocycles. The fraction of sp³-hybridized carbons (Fsp3) is 0.364. The van der Waals surface area contributed by atoms with Crippen molar-refractivity contribution in [2.45, 2.75) is 20.8 Å². The van der Waals surface area contributed by atoms with Gasteiger partial charge >= 0.3 is 5.69 Å². The summed E-state index contributed by atoms with van der Waals surface area (Å²) in [5, 5.41) is 10.8. The summed E-state index contributed by atoms with van der Waals surface area (Å²) in [6.45, 7) is 4.79. The molecule has 1 rings (SSSR count). The molecule has 1 aromatic rings. The Morgan fingerprint density at radius 2 is 2.06 bits per heavy atom. The lowest BCUT2D eigenvalue weighted by atomic mass is 10.1. The summed E-state index contributed by atoms with van der Waals surface area (Å²) < 4.78 is 5.18. The Labute approximate surface area is 93.2 Å². The van der Waals surface area contributed by atoms with Gasteiger partial charge in [0.1, 0.15) is 6.61 Å². The Kier molecular flexibility index (Phi) is 3.60. The van der Waals surface area contributed by atoms with E-state index < -0.39 is 4.92 Å². The third kappa shape index (κ3) is 2.56. The number of nitro groups is 1. The van der Waals surface area contributed by atoms with Gasteiger partial charge in [0, 0.05) is 11.6 Å². The average Bonchev–Trinajstić information content (AvgIpc) is 2.19. The van der Waals surface area contributed by atoms with E-state index >= 15 is 0 Å². The number of aryl methyl sites for hydroxylation is 1. The molecule has 0 amide bonds. The van der Waals surface area contributed by atoms with Crippen molar-refractivity contribution in [3.8, 4) is 5.75 Å². The van der Waals surface area contributed by atoms with E-state index in [1.807, 2.05) is 6.92 Å². The first-order chi connectivity index (χ1) is 7.43. The minimum Gasteiger partial charge on any atom is -0.479 e. The zero-order valence-electron chi connectivity index (χ0n) is 9.44. The Hall–Kier alpha value is -1.91. The van der Waals surface area contributed by atoms with Crippen LogP contribution in [0.15, 0.2) is 12.1 Å². The lowest BCUT2D eigenvalue weighted by molar-refractivity contribution is -0.385. The van der Waals surface area contributed by atoms with Crippen LogP contribution < -0.4 is 4.74 Å². The largest absolute Gasteiger partial charge is 0.479 e. The first-order valence-electron chi connectivity index (χ1n) is 4.80. The fourth-order valence-corrected chi connectivity index (χ4v) is 1.28. The summed E-state index contributed by atoms with van der Waals surface area (Å²) in [5.41, 5.74) is 1.48. The third-order valence-corrected chi connectivity index (χ3v) is 2.27. The molecule has 0 bridgehead atoms. The number of hydrogen-bond acceptors (Lipinski definition) is 4. The number of carbonyl (C=O) groups is 1. The Morgan fingerprint density at radius 3 is 2.56 bits per heavy atom. The molecular formula is C11H13NO4. The fourth-order valence-electron chi connectivity index (χ4n) is 1.28. The maximum Gasteiger partial charge on any atom is 0.311 e. The zero-order chi connectivity index (χ0) is 12.3. The van der Waals surface area contributed by atoms with Gasteiger partial charge < -0.3 is 4.74 Å². The van der Waals surface area contributed by atoms with E-state index in [0.29, 0.717) is 5.56 Å². The molecule has 0 unspecified atom stereocenters. The SMILES string of the molecule is CC(=O)COc1c([N+](=O)[O-])ccc(C)c1C. The number of ether oxygens (including phenoxy) is 1. The van der Waals surface area contributed by atoms with Gasteiger partial charge in [0.05, 0.1) is 4.92 Å². The van der Waals surface area contributed by atoms with Crippen molar-refractivity contribution < 1.29 is 14.5 Å². The van der Waals surface area contributed by atoms with Crippen LogP contribution in [0.25, 0.3) is 0 Å². The van der Waals surface area contributed by atoms with Gasteiger partial charge in [-0.25, -0.2) is 0 Å². The summed E-state index contributed by atoms with van der Waals surface area (Å²) in [6, 6.07) is 3.05. The highest BCUT2D eigenvalue weighted by atomic mass is 16.6. The van der Waals surface area contributed by atoms with Crippen LogP contribution in [0, 0.1) is 24.0 Å². The van der Waals surface area contributed by atoms with Crippen LogP contribution in [0.5, 0.6) is 5.75 Å². The topological polar surface area (TPSA) is 69.4 Å². The molecule has 5 heteroatoms. The highest BCUT2D eigenvalue weighted by molar-refractivity contribution is 5.77. The molecule has 0 fully saturated rings. The van der Waals surface area contributed by atoms with Crippen molar-refractivity contribution in [2.24, 2.45) is 0 Å². The van der Waals surface area contributed by atoms with E-state index in [4.69, 9.17) is 4.74 Å². The van der Waals surface area contributed by atoms with Crippen molar-refractivity contribution in [1.82, 2.24) is 0 Å². The summed E-state index contributed by atoms with van der Waals surface area (Å²) in [6.07, 6.45) is 0. The van der Waals surface area contributed by atoms with Crippen molar-refractivity contribution in [1.29, 1.82) is 0 Å². The second kappa shape index (κ2) is 4.74. The number of Topliss-reactive ketones (excluding diaryl/α,β-unsaturated/α-hetero) is 1. The first-order valence-corrected chi connectivity index (χ1v) is 4.80. The van der Waals surface area contributed by atoms with E-state index in [-0.39, 0.29) is 23.8 Å². The summed E-state index contributed by atoms with van der Waals surface area (Å²) in [7, 11) is 0. The highest BCUT2D eigenvalue weighted by Crippen LogP contribution is 2.32. The number of rotatable bonds is 4. The Bertz CT molecular complexity index is 440. The van der Waals surface area contributed by atoms with Gasteiger partial charge in [-0.1, -0.05) is 6.07 Å². The van der Waals surface area contributed by atoms with Crippen LogP contribution in [-0.4, -0.2) is 17.3 Å². The van der Waals surface area contributed by atoms with Gasteiger partial charge in [0.15, 0.2) is 5.78 Å². The van der Waals surface area contributed by atoms with Crippen LogP contribution in [0.3, 0.4) is 0 Å². The quantitative estimate of drug-likeness (QED) is 0.579. The lowest BCUT2D eigenvalue weighted by Crippen LogP contribution is -2.09. The molecule has 0 spiro atoms. The van der Waals surface area contributed by atoms with E-state index in [1.54, 1.807) is 13.0 Å².